The zero-order chi connectivity index (χ0) is 11.7. The molecule has 1 atom stereocenters. The molecule has 5 heteroatoms. The lowest BCUT2D eigenvalue weighted by Gasteiger charge is -2.00. The molecular weight excluding hydrogens is 247 g/mol. The SMILES string of the molecule is Cc1cc(Cl)ccc1-c1nnc(C(C)Cl)o1. The summed E-state index contributed by atoms with van der Waals surface area (Å²) in [6.07, 6.45) is 0. The second kappa shape index (κ2) is 4.44. The van der Waals surface area contributed by atoms with Crippen molar-refractivity contribution >= 4 is 23.2 Å². The van der Waals surface area contributed by atoms with Crippen LogP contribution in [0.4, 0.5) is 0 Å². The van der Waals surface area contributed by atoms with Gasteiger partial charge in [-0.2, -0.15) is 0 Å². The van der Waals surface area contributed by atoms with E-state index in [1.807, 2.05) is 19.1 Å². The van der Waals surface area contributed by atoms with Gasteiger partial charge in [-0.05, 0) is 37.6 Å². The summed E-state index contributed by atoms with van der Waals surface area (Å²) in [5, 5.41) is 8.23. The number of nitrogens with zero attached hydrogens (tertiary/aromatic N) is 2. The van der Waals surface area contributed by atoms with Crippen molar-refractivity contribution < 1.29 is 4.42 Å². The van der Waals surface area contributed by atoms with Crippen LogP contribution in [0.3, 0.4) is 0 Å². The Balaban J connectivity index is 2.42. The standard InChI is InChI=1S/C11H10Cl2N2O/c1-6-5-8(13)3-4-9(6)11-15-14-10(16-11)7(2)12/h3-5,7H,1-2H3. The van der Waals surface area contributed by atoms with Gasteiger partial charge in [0.1, 0.15) is 5.38 Å². The number of aryl methyl sites for hydroxylation is 1. The van der Waals surface area contributed by atoms with E-state index in [2.05, 4.69) is 10.2 Å². The fourth-order valence-corrected chi connectivity index (χ4v) is 1.69. The molecule has 2 aromatic rings. The van der Waals surface area contributed by atoms with Crippen LogP contribution in [0.5, 0.6) is 0 Å². The highest BCUT2D eigenvalue weighted by Gasteiger charge is 2.14. The van der Waals surface area contributed by atoms with E-state index < -0.39 is 0 Å². The Hall–Kier alpha value is -1.06. The fraction of sp³-hybridized carbons (Fsp3) is 0.273. The Morgan fingerprint density at radius 1 is 1.31 bits per heavy atom. The van der Waals surface area contributed by atoms with E-state index in [1.165, 1.54) is 0 Å². The van der Waals surface area contributed by atoms with E-state index >= 15 is 0 Å². The summed E-state index contributed by atoms with van der Waals surface area (Å²) in [5.74, 6) is 0.891. The number of hydrogen-bond acceptors (Lipinski definition) is 3. The van der Waals surface area contributed by atoms with Crippen LogP contribution < -0.4 is 0 Å². The first kappa shape index (κ1) is 11.4. The van der Waals surface area contributed by atoms with Gasteiger partial charge in [-0.1, -0.05) is 11.6 Å². The molecule has 0 saturated heterocycles. The lowest BCUT2D eigenvalue weighted by Crippen LogP contribution is -1.83. The zero-order valence-corrected chi connectivity index (χ0v) is 10.4. The van der Waals surface area contributed by atoms with Gasteiger partial charge in [0.2, 0.25) is 11.8 Å². The monoisotopic (exact) mass is 256 g/mol. The van der Waals surface area contributed by atoms with Crippen LogP contribution in [0.25, 0.3) is 11.5 Å². The van der Waals surface area contributed by atoms with E-state index in [0.29, 0.717) is 16.8 Å². The maximum atomic E-state index is 5.87. The number of aromatic nitrogens is 2. The molecule has 16 heavy (non-hydrogen) atoms. The molecule has 0 spiro atoms. The van der Waals surface area contributed by atoms with Crippen molar-refractivity contribution in [2.45, 2.75) is 19.2 Å². The molecule has 1 aromatic carbocycles. The van der Waals surface area contributed by atoms with Crippen molar-refractivity contribution in [3.63, 3.8) is 0 Å². The van der Waals surface area contributed by atoms with Crippen LogP contribution in [-0.4, -0.2) is 10.2 Å². The number of benzene rings is 1. The van der Waals surface area contributed by atoms with Crippen molar-refractivity contribution in [3.8, 4) is 11.5 Å². The molecule has 1 heterocycles. The zero-order valence-electron chi connectivity index (χ0n) is 8.87. The molecule has 0 fully saturated rings. The number of alkyl halides is 1. The van der Waals surface area contributed by atoms with Crippen molar-refractivity contribution in [2.24, 2.45) is 0 Å². The third kappa shape index (κ3) is 2.20. The van der Waals surface area contributed by atoms with E-state index in [9.17, 15) is 0 Å². The smallest absolute Gasteiger partial charge is 0.248 e. The van der Waals surface area contributed by atoms with Gasteiger partial charge in [-0.15, -0.1) is 21.8 Å². The van der Waals surface area contributed by atoms with E-state index in [4.69, 9.17) is 27.6 Å². The molecule has 0 amide bonds. The van der Waals surface area contributed by atoms with Gasteiger partial charge in [0.25, 0.3) is 0 Å². The van der Waals surface area contributed by atoms with Gasteiger partial charge in [0, 0.05) is 10.6 Å². The minimum atomic E-state index is -0.283. The van der Waals surface area contributed by atoms with Crippen molar-refractivity contribution in [2.75, 3.05) is 0 Å². The molecule has 84 valence electrons. The van der Waals surface area contributed by atoms with Crippen molar-refractivity contribution in [3.05, 3.63) is 34.7 Å². The Bertz CT molecular complexity index is 508. The number of rotatable bonds is 2. The molecule has 0 aliphatic heterocycles. The van der Waals surface area contributed by atoms with Crippen LogP contribution in [0.1, 0.15) is 23.8 Å². The maximum absolute atomic E-state index is 5.87. The van der Waals surface area contributed by atoms with Gasteiger partial charge >= 0.3 is 0 Å². The van der Waals surface area contributed by atoms with Crippen LogP contribution in [0, 0.1) is 6.92 Å². The number of hydrogen-bond donors (Lipinski definition) is 0. The minimum absolute atomic E-state index is 0.283. The van der Waals surface area contributed by atoms with Crippen molar-refractivity contribution in [1.82, 2.24) is 10.2 Å². The molecule has 3 nitrogen and oxygen atoms in total. The molecule has 1 unspecified atom stereocenters. The highest BCUT2D eigenvalue weighted by atomic mass is 35.5. The highest BCUT2D eigenvalue weighted by molar-refractivity contribution is 6.30. The van der Waals surface area contributed by atoms with Gasteiger partial charge in [-0.25, -0.2) is 0 Å². The normalized spacial score (nSPS) is 12.8. The van der Waals surface area contributed by atoms with Gasteiger partial charge in [0.05, 0.1) is 0 Å². The van der Waals surface area contributed by atoms with Crippen LogP contribution in [-0.2, 0) is 0 Å². The minimum Gasteiger partial charge on any atom is -0.419 e. The second-order valence-corrected chi connectivity index (χ2v) is 4.61. The summed E-state index contributed by atoms with van der Waals surface area (Å²) in [7, 11) is 0. The van der Waals surface area contributed by atoms with E-state index in [-0.39, 0.29) is 5.38 Å². The summed E-state index contributed by atoms with van der Waals surface area (Å²) in [6, 6.07) is 5.50. The molecule has 0 N–H and O–H groups in total. The Labute approximate surface area is 103 Å². The fourth-order valence-electron chi connectivity index (χ4n) is 1.37. The third-order valence-corrected chi connectivity index (χ3v) is 2.62. The Morgan fingerprint density at radius 3 is 2.62 bits per heavy atom. The lowest BCUT2D eigenvalue weighted by atomic mass is 10.1. The third-order valence-electron chi connectivity index (χ3n) is 2.20. The summed E-state index contributed by atoms with van der Waals surface area (Å²) < 4.78 is 5.45. The quantitative estimate of drug-likeness (QED) is 0.763. The van der Waals surface area contributed by atoms with Gasteiger partial charge in [-0.3, -0.25) is 0 Å². The predicted molar refractivity (Wildman–Crippen MR) is 63.7 cm³/mol. The molecule has 0 aliphatic carbocycles. The van der Waals surface area contributed by atoms with Gasteiger partial charge in [0.15, 0.2) is 0 Å². The molecule has 0 aliphatic rings. The second-order valence-electron chi connectivity index (χ2n) is 3.52. The first-order valence-electron chi connectivity index (χ1n) is 4.82. The van der Waals surface area contributed by atoms with E-state index in [0.717, 1.165) is 11.1 Å². The highest BCUT2D eigenvalue weighted by Crippen LogP contribution is 2.27. The Morgan fingerprint density at radius 2 is 2.06 bits per heavy atom. The van der Waals surface area contributed by atoms with Gasteiger partial charge < -0.3 is 4.42 Å². The van der Waals surface area contributed by atoms with E-state index in [1.54, 1.807) is 13.0 Å². The Kier molecular flexibility index (Phi) is 3.17. The molecular formula is C11H10Cl2N2O. The molecule has 2 rings (SSSR count). The van der Waals surface area contributed by atoms with Crippen LogP contribution >= 0.6 is 23.2 Å². The van der Waals surface area contributed by atoms with Crippen LogP contribution in [0.2, 0.25) is 5.02 Å². The summed E-state index contributed by atoms with van der Waals surface area (Å²) in [6.45, 7) is 3.72. The lowest BCUT2D eigenvalue weighted by molar-refractivity contribution is 0.507. The summed E-state index contributed by atoms with van der Waals surface area (Å²) in [4.78, 5) is 0. The summed E-state index contributed by atoms with van der Waals surface area (Å²) >= 11 is 11.7. The predicted octanol–water partition coefficient (Wildman–Crippen LogP) is 4.00. The molecule has 0 bridgehead atoms. The summed E-state index contributed by atoms with van der Waals surface area (Å²) in [5.41, 5.74) is 1.87. The van der Waals surface area contributed by atoms with Crippen LogP contribution in [0.15, 0.2) is 22.6 Å². The largest absolute Gasteiger partial charge is 0.419 e. The maximum Gasteiger partial charge on any atom is 0.248 e. The number of halogens is 2. The van der Waals surface area contributed by atoms with Crippen molar-refractivity contribution in [1.29, 1.82) is 0 Å². The first-order chi connectivity index (χ1) is 7.58. The topological polar surface area (TPSA) is 38.9 Å². The first-order valence-corrected chi connectivity index (χ1v) is 5.63. The molecule has 0 radical (unpaired) electrons. The molecule has 0 saturated carbocycles. The molecule has 1 aromatic heterocycles. The average Bonchev–Trinajstić information content (AvgIpc) is 2.66. The average molecular weight is 257 g/mol.